The minimum absolute atomic E-state index is 0.0750. The van der Waals surface area contributed by atoms with Gasteiger partial charge < -0.3 is 0 Å². The van der Waals surface area contributed by atoms with Gasteiger partial charge in [-0.2, -0.15) is 5.10 Å². The molecule has 3 rings (SSSR count). The average molecular weight is 297 g/mol. The Kier molecular flexibility index (Phi) is 3.11. The van der Waals surface area contributed by atoms with E-state index in [2.05, 4.69) is 5.10 Å². The molecule has 0 saturated carbocycles. The van der Waals surface area contributed by atoms with E-state index in [9.17, 15) is 8.42 Å². The molecule has 0 bridgehead atoms. The summed E-state index contributed by atoms with van der Waals surface area (Å²) in [4.78, 5) is 0. The van der Waals surface area contributed by atoms with Crippen LogP contribution in [-0.2, 0) is 9.84 Å². The number of aromatic nitrogens is 2. The van der Waals surface area contributed by atoms with Crippen molar-refractivity contribution in [1.29, 1.82) is 0 Å². The van der Waals surface area contributed by atoms with Crippen molar-refractivity contribution in [2.75, 3.05) is 11.5 Å². The number of benzene rings is 1. The van der Waals surface area contributed by atoms with Crippen LogP contribution in [0, 0.1) is 0 Å². The maximum atomic E-state index is 11.6. The van der Waals surface area contributed by atoms with Crippen molar-refractivity contribution in [2.45, 2.75) is 12.5 Å². The first kappa shape index (κ1) is 12.7. The van der Waals surface area contributed by atoms with E-state index in [1.54, 1.807) is 10.9 Å². The molecule has 0 amide bonds. The summed E-state index contributed by atoms with van der Waals surface area (Å²) in [6, 6.07) is 9.30. The molecule has 4 nitrogen and oxygen atoms in total. The smallest absolute Gasteiger partial charge is 0.152 e. The van der Waals surface area contributed by atoms with Crippen molar-refractivity contribution in [3.8, 4) is 11.3 Å². The number of hydrogen-bond donors (Lipinski definition) is 0. The zero-order valence-corrected chi connectivity index (χ0v) is 11.7. The monoisotopic (exact) mass is 296 g/mol. The fourth-order valence-electron chi connectivity index (χ4n) is 2.45. The highest BCUT2D eigenvalue weighted by Crippen LogP contribution is 2.29. The molecule has 0 N–H and O–H groups in total. The minimum Gasteiger partial charge on any atom is -0.261 e. The lowest BCUT2D eigenvalue weighted by Gasteiger charge is -2.13. The molecule has 1 atom stereocenters. The molecule has 1 fully saturated rings. The predicted octanol–water partition coefficient (Wildman–Crippen LogP) is 2.56. The van der Waals surface area contributed by atoms with Gasteiger partial charge in [0.1, 0.15) is 0 Å². The Morgan fingerprint density at radius 2 is 2.16 bits per heavy atom. The number of sulfone groups is 1. The quantitative estimate of drug-likeness (QED) is 0.856. The van der Waals surface area contributed by atoms with Gasteiger partial charge in [0.15, 0.2) is 9.84 Å². The molecule has 100 valence electrons. The molecule has 1 aromatic heterocycles. The number of hydrogen-bond acceptors (Lipinski definition) is 3. The molecule has 1 saturated heterocycles. The van der Waals surface area contributed by atoms with Gasteiger partial charge >= 0.3 is 0 Å². The number of nitrogens with zero attached hydrogens (tertiary/aromatic N) is 2. The maximum absolute atomic E-state index is 11.6. The number of rotatable bonds is 2. The van der Waals surface area contributed by atoms with Gasteiger partial charge in [-0.3, -0.25) is 4.68 Å². The lowest BCUT2D eigenvalue weighted by molar-refractivity contribution is 0.505. The largest absolute Gasteiger partial charge is 0.261 e. The maximum Gasteiger partial charge on any atom is 0.152 e. The first-order valence-electron chi connectivity index (χ1n) is 6.05. The highest BCUT2D eigenvalue weighted by Gasteiger charge is 2.30. The van der Waals surface area contributed by atoms with E-state index in [1.807, 2.05) is 30.3 Å². The van der Waals surface area contributed by atoms with Crippen LogP contribution in [0.25, 0.3) is 11.3 Å². The van der Waals surface area contributed by atoms with Crippen LogP contribution in [0.4, 0.5) is 0 Å². The summed E-state index contributed by atoms with van der Waals surface area (Å²) in [5.41, 5.74) is 1.86. The van der Waals surface area contributed by atoms with E-state index >= 15 is 0 Å². The lowest BCUT2D eigenvalue weighted by Crippen LogP contribution is -2.13. The van der Waals surface area contributed by atoms with Gasteiger partial charge in [-0.25, -0.2) is 8.42 Å². The van der Waals surface area contributed by atoms with Gasteiger partial charge in [0.25, 0.3) is 0 Å². The van der Waals surface area contributed by atoms with E-state index in [0.717, 1.165) is 11.3 Å². The van der Waals surface area contributed by atoms with Crippen molar-refractivity contribution in [2.24, 2.45) is 0 Å². The second-order valence-corrected chi connectivity index (χ2v) is 7.39. The van der Waals surface area contributed by atoms with Crippen LogP contribution in [0.15, 0.2) is 36.5 Å². The molecule has 1 aliphatic rings. The Morgan fingerprint density at radius 3 is 2.84 bits per heavy atom. The standard InChI is InChI=1S/C13H13ClN2O2S/c14-11-3-1-2-10(8-11)13-4-6-15-16(13)12-5-7-19(17,18)9-12/h1-4,6,8,12H,5,7,9H2. The third-order valence-corrected chi connectivity index (χ3v) is 5.33. The molecule has 1 aliphatic heterocycles. The summed E-state index contributed by atoms with van der Waals surface area (Å²) in [5.74, 6) is 0.411. The van der Waals surface area contributed by atoms with Crippen LogP contribution >= 0.6 is 11.6 Å². The summed E-state index contributed by atoms with van der Waals surface area (Å²) in [6.07, 6.45) is 2.32. The van der Waals surface area contributed by atoms with E-state index in [1.165, 1.54) is 0 Å². The van der Waals surface area contributed by atoms with E-state index in [0.29, 0.717) is 11.4 Å². The Hall–Kier alpha value is -1.33. The summed E-state index contributed by atoms with van der Waals surface area (Å²) in [6.45, 7) is 0. The molecular formula is C13H13ClN2O2S. The molecule has 0 radical (unpaired) electrons. The summed E-state index contributed by atoms with van der Waals surface area (Å²) in [5, 5.41) is 4.94. The Bertz CT molecular complexity index is 709. The fourth-order valence-corrected chi connectivity index (χ4v) is 4.33. The van der Waals surface area contributed by atoms with Crippen LogP contribution in [-0.4, -0.2) is 29.7 Å². The van der Waals surface area contributed by atoms with Gasteiger partial charge in [-0.1, -0.05) is 23.7 Å². The van der Waals surface area contributed by atoms with Gasteiger partial charge in [0.05, 0.1) is 23.2 Å². The molecule has 19 heavy (non-hydrogen) atoms. The predicted molar refractivity (Wildman–Crippen MR) is 75.0 cm³/mol. The van der Waals surface area contributed by atoms with Crippen LogP contribution in [0.5, 0.6) is 0 Å². The van der Waals surface area contributed by atoms with Crippen molar-refractivity contribution in [1.82, 2.24) is 9.78 Å². The molecule has 1 aromatic carbocycles. The summed E-state index contributed by atoms with van der Waals surface area (Å²) >= 11 is 5.99. The van der Waals surface area contributed by atoms with Gasteiger partial charge in [-0.15, -0.1) is 0 Å². The van der Waals surface area contributed by atoms with Crippen LogP contribution in [0.3, 0.4) is 0 Å². The fraction of sp³-hybridized carbons (Fsp3) is 0.308. The van der Waals surface area contributed by atoms with Crippen LogP contribution in [0.2, 0.25) is 5.02 Å². The second kappa shape index (κ2) is 4.65. The van der Waals surface area contributed by atoms with Crippen LogP contribution in [0.1, 0.15) is 12.5 Å². The Morgan fingerprint density at radius 1 is 1.32 bits per heavy atom. The van der Waals surface area contributed by atoms with Crippen molar-refractivity contribution in [3.05, 3.63) is 41.6 Å². The van der Waals surface area contributed by atoms with E-state index < -0.39 is 9.84 Å². The average Bonchev–Trinajstić information content (AvgIpc) is 2.95. The van der Waals surface area contributed by atoms with Crippen molar-refractivity contribution >= 4 is 21.4 Å². The third-order valence-electron chi connectivity index (χ3n) is 3.34. The zero-order chi connectivity index (χ0) is 13.5. The van der Waals surface area contributed by atoms with Crippen molar-refractivity contribution < 1.29 is 8.42 Å². The van der Waals surface area contributed by atoms with Gasteiger partial charge in [-0.05, 0) is 24.6 Å². The molecule has 0 spiro atoms. The summed E-state index contributed by atoms with van der Waals surface area (Å²) in [7, 11) is -2.92. The first-order valence-corrected chi connectivity index (χ1v) is 8.25. The van der Waals surface area contributed by atoms with Gasteiger partial charge in [0, 0.05) is 16.8 Å². The van der Waals surface area contributed by atoms with Crippen molar-refractivity contribution in [3.63, 3.8) is 0 Å². The normalized spacial score (nSPS) is 21.6. The minimum atomic E-state index is -2.92. The topological polar surface area (TPSA) is 52.0 Å². The van der Waals surface area contributed by atoms with Crippen LogP contribution < -0.4 is 0 Å². The lowest BCUT2D eigenvalue weighted by atomic mass is 10.1. The molecule has 0 aliphatic carbocycles. The molecule has 2 aromatic rings. The Balaban J connectivity index is 2.00. The molecular weight excluding hydrogens is 284 g/mol. The molecule has 2 heterocycles. The third kappa shape index (κ3) is 2.53. The highest BCUT2D eigenvalue weighted by atomic mass is 35.5. The molecule has 1 unspecified atom stereocenters. The highest BCUT2D eigenvalue weighted by molar-refractivity contribution is 7.91. The zero-order valence-electron chi connectivity index (χ0n) is 10.2. The van der Waals surface area contributed by atoms with E-state index in [-0.39, 0.29) is 17.5 Å². The first-order chi connectivity index (χ1) is 9.05. The second-order valence-electron chi connectivity index (χ2n) is 4.73. The van der Waals surface area contributed by atoms with Gasteiger partial charge in [0.2, 0.25) is 0 Å². The van der Waals surface area contributed by atoms with E-state index in [4.69, 9.17) is 11.6 Å². The SMILES string of the molecule is O=S1(=O)CCC(n2nccc2-c2cccc(Cl)c2)C1. The summed E-state index contributed by atoms with van der Waals surface area (Å²) < 4.78 is 25.0. The Labute approximate surface area is 116 Å². The number of halogens is 1. The molecule has 6 heteroatoms.